The van der Waals surface area contributed by atoms with Gasteiger partial charge in [-0.3, -0.25) is 10.1 Å². The van der Waals surface area contributed by atoms with Crippen LogP contribution in [0.1, 0.15) is 31.4 Å². The lowest BCUT2D eigenvalue weighted by Gasteiger charge is -2.12. The molecular weight excluding hydrogens is 312 g/mol. The van der Waals surface area contributed by atoms with Gasteiger partial charge in [0.15, 0.2) is 13.2 Å². The Morgan fingerprint density at radius 3 is 2.29 bits per heavy atom. The highest BCUT2D eigenvalue weighted by Crippen LogP contribution is 2.15. The fraction of sp³-hybridized carbons (Fsp3) is 0.471. The molecule has 7 heteroatoms. The number of esters is 1. The summed E-state index contributed by atoms with van der Waals surface area (Å²) in [5, 5.41) is 4.65. The maximum atomic E-state index is 11.6. The molecule has 0 bridgehead atoms. The van der Waals surface area contributed by atoms with Crippen molar-refractivity contribution in [1.82, 2.24) is 10.6 Å². The highest BCUT2D eigenvalue weighted by Gasteiger charge is 2.12. The molecule has 1 aromatic rings. The van der Waals surface area contributed by atoms with Gasteiger partial charge < -0.3 is 14.8 Å². The number of amides is 3. The number of carbonyl (C=O) groups is 3. The molecule has 0 unspecified atom stereocenters. The molecule has 7 nitrogen and oxygen atoms in total. The Morgan fingerprint density at radius 1 is 1.08 bits per heavy atom. The van der Waals surface area contributed by atoms with E-state index in [9.17, 15) is 14.4 Å². The topological polar surface area (TPSA) is 93.7 Å². The molecule has 1 aromatic carbocycles. The minimum atomic E-state index is -0.699. The summed E-state index contributed by atoms with van der Waals surface area (Å²) in [4.78, 5) is 34.5. The summed E-state index contributed by atoms with van der Waals surface area (Å²) in [7, 11) is 0. The largest absolute Gasteiger partial charge is 0.482 e. The van der Waals surface area contributed by atoms with E-state index in [1.165, 1.54) is 0 Å². The number of nitrogens with one attached hydrogen (secondary N) is 2. The van der Waals surface area contributed by atoms with Crippen LogP contribution in [0.4, 0.5) is 4.79 Å². The molecule has 0 aromatic heterocycles. The van der Waals surface area contributed by atoms with E-state index in [1.807, 2.05) is 33.8 Å². The van der Waals surface area contributed by atoms with Crippen molar-refractivity contribution in [1.29, 1.82) is 0 Å². The molecule has 24 heavy (non-hydrogen) atoms. The first-order valence-electron chi connectivity index (χ1n) is 7.77. The Labute approximate surface area is 141 Å². The minimum Gasteiger partial charge on any atom is -0.482 e. The SMILES string of the molecule is CC[C@@H](C)NC(=O)NC(=O)COC(=O)COc1cc(C)cc(C)c1. The van der Waals surface area contributed by atoms with E-state index in [0.29, 0.717) is 5.75 Å². The first-order valence-corrected chi connectivity index (χ1v) is 7.77. The van der Waals surface area contributed by atoms with Crippen LogP contribution in [-0.2, 0) is 14.3 Å². The molecule has 3 amide bonds. The van der Waals surface area contributed by atoms with Gasteiger partial charge in [0.05, 0.1) is 0 Å². The van der Waals surface area contributed by atoms with Gasteiger partial charge in [0.25, 0.3) is 5.91 Å². The number of ether oxygens (including phenoxy) is 2. The monoisotopic (exact) mass is 336 g/mol. The summed E-state index contributed by atoms with van der Waals surface area (Å²) in [6.07, 6.45) is 0.742. The summed E-state index contributed by atoms with van der Waals surface area (Å²) in [5.41, 5.74) is 2.04. The Hall–Kier alpha value is -2.57. The third-order valence-electron chi connectivity index (χ3n) is 3.16. The van der Waals surface area contributed by atoms with Crippen LogP contribution in [0.25, 0.3) is 0 Å². The zero-order valence-corrected chi connectivity index (χ0v) is 14.5. The van der Waals surface area contributed by atoms with Crippen molar-refractivity contribution in [2.75, 3.05) is 13.2 Å². The second kappa shape index (κ2) is 9.54. The lowest BCUT2D eigenvalue weighted by molar-refractivity contribution is -0.150. The fourth-order valence-corrected chi connectivity index (χ4v) is 1.87. The average Bonchev–Trinajstić information content (AvgIpc) is 2.49. The molecule has 2 N–H and O–H groups in total. The van der Waals surface area contributed by atoms with E-state index < -0.39 is 24.5 Å². The summed E-state index contributed by atoms with van der Waals surface area (Å²) < 4.78 is 10.1. The van der Waals surface area contributed by atoms with Gasteiger partial charge in [-0.25, -0.2) is 9.59 Å². The van der Waals surface area contributed by atoms with E-state index >= 15 is 0 Å². The van der Waals surface area contributed by atoms with Crippen molar-refractivity contribution in [2.45, 2.75) is 40.2 Å². The number of hydrogen-bond donors (Lipinski definition) is 2. The van der Waals surface area contributed by atoms with Crippen molar-refractivity contribution >= 4 is 17.9 Å². The predicted octanol–water partition coefficient (Wildman–Crippen LogP) is 1.85. The highest BCUT2D eigenvalue weighted by atomic mass is 16.6. The zero-order chi connectivity index (χ0) is 18.1. The van der Waals surface area contributed by atoms with Gasteiger partial charge in [-0.1, -0.05) is 13.0 Å². The van der Waals surface area contributed by atoms with Crippen LogP contribution >= 0.6 is 0 Å². The molecule has 0 aliphatic heterocycles. The molecule has 132 valence electrons. The first-order chi connectivity index (χ1) is 11.3. The van der Waals surface area contributed by atoms with E-state index in [2.05, 4.69) is 10.6 Å². The van der Waals surface area contributed by atoms with Crippen LogP contribution in [0.3, 0.4) is 0 Å². The third-order valence-corrected chi connectivity index (χ3v) is 3.16. The van der Waals surface area contributed by atoms with E-state index in [-0.39, 0.29) is 12.6 Å². The van der Waals surface area contributed by atoms with Crippen molar-refractivity contribution in [3.05, 3.63) is 29.3 Å². The lowest BCUT2D eigenvalue weighted by atomic mass is 10.1. The van der Waals surface area contributed by atoms with Gasteiger partial charge in [-0.2, -0.15) is 0 Å². The van der Waals surface area contributed by atoms with Crippen LogP contribution < -0.4 is 15.4 Å². The molecule has 0 fully saturated rings. The van der Waals surface area contributed by atoms with Crippen molar-refractivity contribution in [3.63, 3.8) is 0 Å². The number of hydrogen-bond acceptors (Lipinski definition) is 5. The standard InChI is InChI=1S/C17H24N2O5/c1-5-13(4)18-17(22)19-15(20)9-24-16(21)10-23-14-7-11(2)6-12(3)8-14/h6-8,13H,5,9-10H2,1-4H3,(H2,18,19,20,22)/t13-/m1/s1. The summed E-state index contributed by atoms with van der Waals surface area (Å²) in [6.45, 7) is 6.72. The highest BCUT2D eigenvalue weighted by molar-refractivity contribution is 5.95. The van der Waals surface area contributed by atoms with Crippen LogP contribution in [0.15, 0.2) is 18.2 Å². The number of carbonyl (C=O) groups excluding carboxylic acids is 3. The lowest BCUT2D eigenvalue weighted by Crippen LogP contribution is -2.44. The van der Waals surface area contributed by atoms with E-state index in [1.54, 1.807) is 12.1 Å². The van der Waals surface area contributed by atoms with Gasteiger partial charge in [-0.15, -0.1) is 0 Å². The van der Waals surface area contributed by atoms with Crippen LogP contribution in [0.2, 0.25) is 0 Å². The number of imide groups is 1. The Morgan fingerprint density at radius 2 is 1.71 bits per heavy atom. The Kier molecular flexibility index (Phi) is 7.74. The number of urea groups is 1. The van der Waals surface area contributed by atoms with Crippen LogP contribution in [0, 0.1) is 13.8 Å². The normalized spacial score (nSPS) is 11.3. The molecule has 0 heterocycles. The van der Waals surface area contributed by atoms with Crippen molar-refractivity contribution in [2.24, 2.45) is 0 Å². The smallest absolute Gasteiger partial charge is 0.344 e. The molecule has 0 saturated heterocycles. The molecule has 0 saturated carbocycles. The Bertz CT molecular complexity index is 580. The molecule has 0 radical (unpaired) electrons. The molecule has 1 rings (SSSR count). The summed E-state index contributed by atoms with van der Waals surface area (Å²) in [6, 6.07) is 4.92. The van der Waals surface area contributed by atoms with E-state index in [4.69, 9.17) is 9.47 Å². The number of aryl methyl sites for hydroxylation is 2. The van der Waals surface area contributed by atoms with Gasteiger partial charge in [0.1, 0.15) is 5.75 Å². The Balaban J connectivity index is 2.30. The molecule has 0 aliphatic rings. The molecule has 0 aliphatic carbocycles. The molecular formula is C17H24N2O5. The minimum absolute atomic E-state index is 0.0495. The quantitative estimate of drug-likeness (QED) is 0.741. The van der Waals surface area contributed by atoms with Crippen molar-refractivity contribution < 1.29 is 23.9 Å². The van der Waals surface area contributed by atoms with Gasteiger partial charge in [0, 0.05) is 6.04 Å². The maximum Gasteiger partial charge on any atom is 0.344 e. The zero-order valence-electron chi connectivity index (χ0n) is 14.5. The number of rotatable bonds is 7. The number of benzene rings is 1. The van der Waals surface area contributed by atoms with Crippen molar-refractivity contribution in [3.8, 4) is 5.75 Å². The van der Waals surface area contributed by atoms with Crippen LogP contribution in [0.5, 0.6) is 5.75 Å². The van der Waals surface area contributed by atoms with E-state index in [0.717, 1.165) is 17.5 Å². The second-order valence-corrected chi connectivity index (χ2v) is 5.60. The third kappa shape index (κ3) is 7.62. The predicted molar refractivity (Wildman–Crippen MR) is 88.8 cm³/mol. The van der Waals surface area contributed by atoms with Gasteiger partial charge in [0.2, 0.25) is 0 Å². The van der Waals surface area contributed by atoms with Crippen LogP contribution in [-0.4, -0.2) is 37.2 Å². The van der Waals surface area contributed by atoms with Gasteiger partial charge >= 0.3 is 12.0 Å². The fourth-order valence-electron chi connectivity index (χ4n) is 1.87. The molecule has 0 spiro atoms. The summed E-state index contributed by atoms with van der Waals surface area (Å²) >= 11 is 0. The second-order valence-electron chi connectivity index (χ2n) is 5.60. The molecule has 1 atom stereocenters. The average molecular weight is 336 g/mol. The maximum absolute atomic E-state index is 11.6. The summed E-state index contributed by atoms with van der Waals surface area (Å²) in [5.74, 6) is -0.830. The van der Waals surface area contributed by atoms with Gasteiger partial charge in [-0.05, 0) is 50.5 Å². The first kappa shape index (κ1) is 19.5.